The first-order chi connectivity index (χ1) is 13.7. The van der Waals surface area contributed by atoms with Crippen molar-refractivity contribution in [1.29, 1.82) is 0 Å². The number of nitrogens with one attached hydrogen (secondary N) is 3. The van der Waals surface area contributed by atoms with E-state index in [4.69, 9.17) is 0 Å². The second-order valence-electron chi connectivity index (χ2n) is 7.55. The maximum absolute atomic E-state index is 12.5. The Hall–Kier alpha value is -1.93. The van der Waals surface area contributed by atoms with E-state index in [1.54, 1.807) is 0 Å². The number of hydrogen-bond donors (Lipinski definition) is 3. The number of alkyl halides is 3. The van der Waals surface area contributed by atoms with Gasteiger partial charge in [-0.1, -0.05) is 0 Å². The van der Waals surface area contributed by atoms with Crippen LogP contribution in [0.15, 0.2) is 35.1 Å². The quantitative estimate of drug-likeness (QED) is 0.168. The Balaban J connectivity index is 1.32. The molecule has 2 heterocycles. The number of hydrogen-bond acceptors (Lipinski definition) is 3. The van der Waals surface area contributed by atoms with Crippen LogP contribution in [0.5, 0.6) is 0 Å². The van der Waals surface area contributed by atoms with E-state index in [1.165, 1.54) is 26.1 Å². The van der Waals surface area contributed by atoms with Gasteiger partial charge in [0.05, 0.1) is 0 Å². The molecule has 0 atom stereocenters. The fourth-order valence-corrected chi connectivity index (χ4v) is 10.4. The molecule has 1 fully saturated rings. The normalized spacial score (nSPS) is 16.5. The molecule has 2 aromatic carbocycles. The maximum atomic E-state index is 12.5. The molecule has 5 nitrogen and oxygen atoms in total. The standard InChI is InChI=1S/C22H24IN3O2/c27-19(13-24-11-10-23-8-1-2-9-23)25-17-6-7-18-21-16(17)12-14-4-3-5-15(20(14)21)22(28)26-18/h3-7,24H,1-2,8-13H2,(H,25,27)(H,26,28). The second-order valence-corrected chi connectivity index (χ2v) is 14.0. The van der Waals surface area contributed by atoms with Crippen molar-refractivity contribution in [1.82, 2.24) is 10.3 Å². The number of halogens is 1. The van der Waals surface area contributed by atoms with Crippen LogP contribution in [-0.4, -0.2) is 37.3 Å². The van der Waals surface area contributed by atoms with Gasteiger partial charge in [-0.25, -0.2) is 0 Å². The van der Waals surface area contributed by atoms with Crippen LogP contribution < -0.4 is 16.2 Å². The zero-order valence-corrected chi connectivity index (χ0v) is 17.9. The van der Waals surface area contributed by atoms with Gasteiger partial charge in [0, 0.05) is 0 Å². The molecule has 3 N–H and O–H groups in total. The Kier molecular flexibility index (Phi) is 4.84. The number of carbonyl (C=O) groups excluding carboxylic acids is 1. The number of anilines is 1. The van der Waals surface area contributed by atoms with Gasteiger partial charge in [0.25, 0.3) is 0 Å². The number of pyridine rings is 1. The van der Waals surface area contributed by atoms with E-state index in [9.17, 15) is 9.59 Å². The molecule has 1 aliphatic heterocycles. The van der Waals surface area contributed by atoms with E-state index in [0.717, 1.165) is 51.5 Å². The van der Waals surface area contributed by atoms with Crippen molar-refractivity contribution in [3.63, 3.8) is 0 Å². The fraction of sp³-hybridized carbons (Fsp3) is 0.364. The van der Waals surface area contributed by atoms with Crippen molar-refractivity contribution >= 4 is 53.1 Å². The van der Waals surface area contributed by atoms with Gasteiger partial charge in [0.15, 0.2) is 0 Å². The molecule has 146 valence electrons. The minimum absolute atomic E-state index is 0.00227. The Bertz CT molecular complexity index is 1130. The minimum atomic E-state index is -0.667. The molecule has 5 rings (SSSR count). The van der Waals surface area contributed by atoms with Crippen LogP contribution in [-0.2, 0) is 11.2 Å². The molecule has 28 heavy (non-hydrogen) atoms. The van der Waals surface area contributed by atoms with E-state index < -0.39 is 19.8 Å². The van der Waals surface area contributed by atoms with E-state index in [2.05, 4.69) is 21.7 Å². The average molecular weight is 489 g/mol. The van der Waals surface area contributed by atoms with Crippen LogP contribution in [0.25, 0.3) is 21.7 Å². The number of benzene rings is 2. The molecule has 3 aromatic rings. The molecule has 0 bridgehead atoms. The topological polar surface area (TPSA) is 74.0 Å². The average Bonchev–Trinajstić information content (AvgIpc) is 3.34. The summed E-state index contributed by atoms with van der Waals surface area (Å²) >= 11 is -0.667. The Morgan fingerprint density at radius 3 is 2.82 bits per heavy atom. The fourth-order valence-electron chi connectivity index (χ4n) is 4.40. The zero-order valence-electron chi connectivity index (χ0n) is 15.7. The molecular formula is C22H24IN3O2. The molecule has 0 saturated carbocycles. The summed E-state index contributed by atoms with van der Waals surface area (Å²) in [5, 5.41) is 9.25. The van der Waals surface area contributed by atoms with Crippen LogP contribution in [0.3, 0.4) is 0 Å². The summed E-state index contributed by atoms with van der Waals surface area (Å²) in [5.41, 5.74) is 3.91. The Labute approximate surface area is 170 Å². The number of H-pyrrole nitrogens is 1. The third-order valence-corrected chi connectivity index (χ3v) is 12.4. The van der Waals surface area contributed by atoms with Crippen molar-refractivity contribution in [3.05, 3.63) is 51.8 Å². The molecule has 6 heteroatoms. The van der Waals surface area contributed by atoms with Crippen molar-refractivity contribution < 1.29 is 4.79 Å². The van der Waals surface area contributed by atoms with Gasteiger partial charge in [0.2, 0.25) is 0 Å². The molecule has 0 spiro atoms. The molecule has 1 amide bonds. The SMILES string of the molecule is O=C(CNCCI1CCCC1)Nc1ccc2[nH]c(=O)c3cccc4c3c2c1C4. The summed E-state index contributed by atoms with van der Waals surface area (Å²) in [4.78, 5) is 27.8. The first kappa shape index (κ1) is 18.1. The summed E-state index contributed by atoms with van der Waals surface area (Å²) < 4.78 is 4.31. The van der Waals surface area contributed by atoms with Gasteiger partial charge in [-0.2, -0.15) is 0 Å². The van der Waals surface area contributed by atoms with Crippen LogP contribution >= 0.6 is 19.8 Å². The van der Waals surface area contributed by atoms with Gasteiger partial charge < -0.3 is 0 Å². The van der Waals surface area contributed by atoms with E-state index in [1.807, 2.05) is 24.3 Å². The molecule has 2 aliphatic rings. The Morgan fingerprint density at radius 2 is 1.96 bits per heavy atom. The number of amides is 1. The molecule has 0 unspecified atom stereocenters. The van der Waals surface area contributed by atoms with Crippen LogP contribution in [0.2, 0.25) is 0 Å². The van der Waals surface area contributed by atoms with Crippen molar-refractivity contribution in [2.75, 3.05) is 31.7 Å². The first-order valence-corrected chi connectivity index (χ1v) is 14.5. The van der Waals surface area contributed by atoms with Gasteiger partial charge in [0.1, 0.15) is 0 Å². The van der Waals surface area contributed by atoms with Crippen LogP contribution in [0, 0.1) is 0 Å². The van der Waals surface area contributed by atoms with E-state index in [0.29, 0.717) is 6.54 Å². The zero-order chi connectivity index (χ0) is 19.1. The third kappa shape index (κ3) is 3.22. The predicted molar refractivity (Wildman–Crippen MR) is 124 cm³/mol. The van der Waals surface area contributed by atoms with Crippen LogP contribution in [0.1, 0.15) is 24.0 Å². The summed E-state index contributed by atoms with van der Waals surface area (Å²) in [6.45, 7) is 1.32. The summed E-state index contributed by atoms with van der Waals surface area (Å²) in [6.07, 6.45) is 3.60. The number of carbonyl (C=O) groups is 1. The molecule has 1 saturated heterocycles. The van der Waals surface area contributed by atoms with Gasteiger partial charge in [-0.05, 0) is 0 Å². The first-order valence-electron chi connectivity index (χ1n) is 9.88. The van der Waals surface area contributed by atoms with Gasteiger partial charge >= 0.3 is 166 Å². The number of aromatic amines is 1. The van der Waals surface area contributed by atoms with E-state index in [-0.39, 0.29) is 11.5 Å². The van der Waals surface area contributed by atoms with E-state index >= 15 is 0 Å². The summed E-state index contributed by atoms with van der Waals surface area (Å²) in [5.74, 6) is 0.00227. The number of aromatic nitrogens is 1. The molecule has 1 aromatic heterocycles. The predicted octanol–water partition coefficient (Wildman–Crippen LogP) is 3.41. The van der Waals surface area contributed by atoms with Gasteiger partial charge in [-0.3, -0.25) is 4.79 Å². The van der Waals surface area contributed by atoms with Gasteiger partial charge in [-0.15, -0.1) is 0 Å². The summed E-state index contributed by atoms with van der Waals surface area (Å²) in [7, 11) is 0. The number of rotatable bonds is 6. The molecular weight excluding hydrogens is 465 g/mol. The summed E-state index contributed by atoms with van der Waals surface area (Å²) in [6, 6.07) is 9.69. The molecule has 1 aliphatic carbocycles. The Morgan fingerprint density at radius 1 is 1.11 bits per heavy atom. The second kappa shape index (κ2) is 7.48. The monoisotopic (exact) mass is 489 g/mol. The van der Waals surface area contributed by atoms with Crippen molar-refractivity contribution in [2.24, 2.45) is 0 Å². The van der Waals surface area contributed by atoms with Crippen LogP contribution in [0.4, 0.5) is 5.69 Å². The van der Waals surface area contributed by atoms with Crippen molar-refractivity contribution in [2.45, 2.75) is 19.3 Å². The molecule has 0 radical (unpaired) electrons. The third-order valence-electron chi connectivity index (χ3n) is 5.72. The van der Waals surface area contributed by atoms with Crippen molar-refractivity contribution in [3.8, 4) is 0 Å².